The van der Waals surface area contributed by atoms with Crippen molar-refractivity contribution < 1.29 is 14.3 Å². The summed E-state index contributed by atoms with van der Waals surface area (Å²) in [6.45, 7) is 2.73. The highest BCUT2D eigenvalue weighted by molar-refractivity contribution is 5.53. The summed E-state index contributed by atoms with van der Waals surface area (Å²) in [4.78, 5) is 10.5. The van der Waals surface area contributed by atoms with Crippen LogP contribution < -0.4 is 0 Å². The second-order valence-electron chi connectivity index (χ2n) is 4.12. The molecule has 1 aliphatic heterocycles. The summed E-state index contributed by atoms with van der Waals surface area (Å²) in [7, 11) is 0. The molecule has 2 aliphatic rings. The number of hydrogen-bond acceptors (Lipinski definition) is 3. The molecule has 1 atom stereocenters. The van der Waals surface area contributed by atoms with E-state index in [2.05, 4.69) is 0 Å². The standard InChI is InChI=1S/C10H16O3/c1-8-7-12-10(13-8)4-2-9(6-11)3-5-10/h6,8-9H,2-5,7H2,1H3. The molecular formula is C10H16O3. The number of carbonyl (C=O) groups excluding carboxylic acids is 1. The molecule has 3 heteroatoms. The van der Waals surface area contributed by atoms with Crippen LogP contribution in [-0.2, 0) is 14.3 Å². The van der Waals surface area contributed by atoms with Crippen molar-refractivity contribution in [1.29, 1.82) is 0 Å². The lowest BCUT2D eigenvalue weighted by molar-refractivity contribution is -0.190. The van der Waals surface area contributed by atoms with Gasteiger partial charge in [-0.15, -0.1) is 0 Å². The van der Waals surface area contributed by atoms with Crippen LogP contribution in [0.5, 0.6) is 0 Å². The molecule has 0 aromatic carbocycles. The molecular weight excluding hydrogens is 168 g/mol. The smallest absolute Gasteiger partial charge is 0.168 e. The van der Waals surface area contributed by atoms with Gasteiger partial charge < -0.3 is 14.3 Å². The maximum Gasteiger partial charge on any atom is 0.168 e. The Morgan fingerprint density at radius 2 is 2.08 bits per heavy atom. The molecule has 0 aromatic heterocycles. The second-order valence-corrected chi connectivity index (χ2v) is 4.12. The summed E-state index contributed by atoms with van der Waals surface area (Å²) in [6.07, 6.45) is 4.85. The second kappa shape index (κ2) is 3.39. The van der Waals surface area contributed by atoms with Gasteiger partial charge in [0.25, 0.3) is 0 Å². The summed E-state index contributed by atoms with van der Waals surface area (Å²) >= 11 is 0. The van der Waals surface area contributed by atoms with Crippen LogP contribution in [0.3, 0.4) is 0 Å². The van der Waals surface area contributed by atoms with Gasteiger partial charge in [0.15, 0.2) is 5.79 Å². The van der Waals surface area contributed by atoms with Gasteiger partial charge in [0, 0.05) is 18.8 Å². The molecule has 3 nitrogen and oxygen atoms in total. The van der Waals surface area contributed by atoms with Gasteiger partial charge in [0.05, 0.1) is 12.7 Å². The molecule has 0 amide bonds. The Hall–Kier alpha value is -0.410. The zero-order valence-corrected chi connectivity index (χ0v) is 7.99. The van der Waals surface area contributed by atoms with Crippen molar-refractivity contribution in [2.24, 2.45) is 5.92 Å². The van der Waals surface area contributed by atoms with Crippen molar-refractivity contribution in [3.8, 4) is 0 Å². The first kappa shape index (κ1) is 9.16. The van der Waals surface area contributed by atoms with Gasteiger partial charge in [-0.05, 0) is 19.8 Å². The van der Waals surface area contributed by atoms with E-state index in [0.717, 1.165) is 32.0 Å². The Bertz CT molecular complexity index is 194. The SMILES string of the molecule is CC1COC2(CCC(C=O)CC2)O1. The molecule has 0 bridgehead atoms. The molecule has 1 saturated carbocycles. The van der Waals surface area contributed by atoms with Crippen molar-refractivity contribution in [1.82, 2.24) is 0 Å². The Kier molecular flexibility index (Phi) is 2.39. The molecule has 2 rings (SSSR count). The maximum atomic E-state index is 10.5. The Morgan fingerprint density at radius 1 is 1.38 bits per heavy atom. The van der Waals surface area contributed by atoms with Crippen LogP contribution in [-0.4, -0.2) is 24.8 Å². The monoisotopic (exact) mass is 184 g/mol. The van der Waals surface area contributed by atoms with Crippen molar-refractivity contribution in [3.05, 3.63) is 0 Å². The molecule has 74 valence electrons. The van der Waals surface area contributed by atoms with E-state index in [1.54, 1.807) is 0 Å². The van der Waals surface area contributed by atoms with E-state index in [9.17, 15) is 4.79 Å². The lowest BCUT2D eigenvalue weighted by Crippen LogP contribution is -2.35. The summed E-state index contributed by atoms with van der Waals surface area (Å²) in [5.74, 6) is -0.104. The molecule has 1 spiro atoms. The highest BCUT2D eigenvalue weighted by Crippen LogP contribution is 2.39. The number of aldehydes is 1. The van der Waals surface area contributed by atoms with Gasteiger partial charge in [0.1, 0.15) is 6.29 Å². The first-order valence-corrected chi connectivity index (χ1v) is 5.01. The predicted molar refractivity (Wildman–Crippen MR) is 47.3 cm³/mol. The molecule has 1 heterocycles. The number of rotatable bonds is 1. The minimum Gasteiger partial charge on any atom is -0.347 e. The highest BCUT2D eigenvalue weighted by Gasteiger charge is 2.42. The lowest BCUT2D eigenvalue weighted by atomic mass is 9.86. The fraction of sp³-hybridized carbons (Fsp3) is 0.900. The first-order valence-electron chi connectivity index (χ1n) is 5.01. The third kappa shape index (κ3) is 1.76. The van der Waals surface area contributed by atoms with Crippen LogP contribution in [0.2, 0.25) is 0 Å². The number of hydrogen-bond donors (Lipinski definition) is 0. The molecule has 1 unspecified atom stereocenters. The molecule has 13 heavy (non-hydrogen) atoms. The molecule has 0 N–H and O–H groups in total. The third-order valence-corrected chi connectivity index (χ3v) is 2.98. The Morgan fingerprint density at radius 3 is 2.54 bits per heavy atom. The van der Waals surface area contributed by atoms with Gasteiger partial charge in [0.2, 0.25) is 0 Å². The fourth-order valence-electron chi connectivity index (χ4n) is 2.18. The number of carbonyl (C=O) groups is 1. The van der Waals surface area contributed by atoms with E-state index in [4.69, 9.17) is 9.47 Å². The Balaban J connectivity index is 1.93. The zero-order valence-electron chi connectivity index (χ0n) is 7.99. The summed E-state index contributed by atoms with van der Waals surface area (Å²) < 4.78 is 11.4. The van der Waals surface area contributed by atoms with E-state index in [1.165, 1.54) is 0 Å². The van der Waals surface area contributed by atoms with E-state index < -0.39 is 0 Å². The van der Waals surface area contributed by atoms with Crippen LogP contribution in [0, 0.1) is 5.92 Å². The van der Waals surface area contributed by atoms with Gasteiger partial charge >= 0.3 is 0 Å². The highest BCUT2D eigenvalue weighted by atomic mass is 16.7. The summed E-state index contributed by atoms with van der Waals surface area (Å²) in [5.41, 5.74) is 0. The normalized spacial score (nSPS) is 45.3. The van der Waals surface area contributed by atoms with Gasteiger partial charge in [-0.1, -0.05) is 0 Å². The minimum atomic E-state index is -0.334. The van der Waals surface area contributed by atoms with E-state index in [0.29, 0.717) is 6.61 Å². The average molecular weight is 184 g/mol. The van der Waals surface area contributed by atoms with Crippen molar-refractivity contribution >= 4 is 6.29 Å². The summed E-state index contributed by atoms with van der Waals surface area (Å²) in [5, 5.41) is 0. The molecule has 2 fully saturated rings. The quantitative estimate of drug-likeness (QED) is 0.579. The average Bonchev–Trinajstić information content (AvgIpc) is 2.49. The van der Waals surface area contributed by atoms with Gasteiger partial charge in [-0.25, -0.2) is 0 Å². The van der Waals surface area contributed by atoms with E-state index in [-0.39, 0.29) is 17.8 Å². The van der Waals surface area contributed by atoms with E-state index >= 15 is 0 Å². The largest absolute Gasteiger partial charge is 0.347 e. The predicted octanol–water partition coefficient (Wildman–Crippen LogP) is 1.51. The fourth-order valence-corrected chi connectivity index (χ4v) is 2.18. The molecule has 0 aromatic rings. The van der Waals surface area contributed by atoms with E-state index in [1.807, 2.05) is 6.92 Å². The van der Waals surface area contributed by atoms with Gasteiger partial charge in [-0.2, -0.15) is 0 Å². The zero-order chi connectivity index (χ0) is 9.31. The summed E-state index contributed by atoms with van der Waals surface area (Å²) in [6, 6.07) is 0. The lowest BCUT2D eigenvalue weighted by Gasteiger charge is -2.33. The first-order chi connectivity index (χ1) is 6.24. The molecule has 1 saturated heterocycles. The van der Waals surface area contributed by atoms with Crippen LogP contribution in [0.15, 0.2) is 0 Å². The Labute approximate surface area is 78.4 Å². The number of ether oxygens (including phenoxy) is 2. The van der Waals surface area contributed by atoms with Crippen molar-refractivity contribution in [3.63, 3.8) is 0 Å². The molecule has 1 aliphatic carbocycles. The van der Waals surface area contributed by atoms with Crippen molar-refractivity contribution in [2.75, 3.05) is 6.61 Å². The van der Waals surface area contributed by atoms with Gasteiger partial charge in [-0.3, -0.25) is 0 Å². The molecule has 0 radical (unpaired) electrons. The van der Waals surface area contributed by atoms with Crippen LogP contribution in [0.25, 0.3) is 0 Å². The maximum absolute atomic E-state index is 10.5. The minimum absolute atomic E-state index is 0.216. The van der Waals surface area contributed by atoms with Crippen LogP contribution >= 0.6 is 0 Å². The van der Waals surface area contributed by atoms with Crippen LogP contribution in [0.4, 0.5) is 0 Å². The topological polar surface area (TPSA) is 35.5 Å². The van der Waals surface area contributed by atoms with Crippen LogP contribution in [0.1, 0.15) is 32.6 Å². The van der Waals surface area contributed by atoms with Crippen molar-refractivity contribution in [2.45, 2.75) is 44.5 Å². The third-order valence-electron chi connectivity index (χ3n) is 2.98.